The van der Waals surface area contributed by atoms with Gasteiger partial charge in [-0.3, -0.25) is 9.59 Å². The molecular formula is C20H20ClF2N2O4+. The Kier molecular flexibility index (Phi) is 6.34. The molecule has 1 fully saturated rings. The molecule has 1 saturated heterocycles. The van der Waals surface area contributed by atoms with Gasteiger partial charge in [0.25, 0.3) is 5.91 Å². The Labute approximate surface area is 171 Å². The number of halogens is 3. The normalized spacial score (nSPS) is 17.0. The highest BCUT2D eigenvalue weighted by Gasteiger charge is 2.42. The predicted molar refractivity (Wildman–Crippen MR) is 102 cm³/mol. The molecule has 154 valence electrons. The Hall–Kier alpha value is -2.71. The van der Waals surface area contributed by atoms with Gasteiger partial charge in [0, 0.05) is 18.0 Å². The van der Waals surface area contributed by atoms with Gasteiger partial charge in [0.2, 0.25) is 5.91 Å². The molecule has 1 aliphatic heterocycles. The third-order valence-electron chi connectivity index (χ3n) is 4.55. The predicted octanol–water partition coefficient (Wildman–Crippen LogP) is 2.30. The zero-order chi connectivity index (χ0) is 21.0. The quantitative estimate of drug-likeness (QED) is 0.520. The minimum atomic E-state index is -3.83. The number of nitrogens with two attached hydrogens (primary N) is 1. The zero-order valence-electron chi connectivity index (χ0n) is 15.6. The maximum atomic E-state index is 12.7. The van der Waals surface area contributed by atoms with Crippen LogP contribution in [0.5, 0.6) is 11.5 Å². The lowest BCUT2D eigenvalue weighted by Gasteiger charge is -2.15. The number of ether oxygens (including phenoxy) is 2. The first kappa shape index (κ1) is 21.0. The van der Waals surface area contributed by atoms with Crippen LogP contribution in [0.15, 0.2) is 48.5 Å². The van der Waals surface area contributed by atoms with E-state index in [0.29, 0.717) is 12.2 Å². The monoisotopic (exact) mass is 425 g/mol. The molecule has 1 aliphatic rings. The number of methoxy groups -OCH3 is 1. The molecule has 1 unspecified atom stereocenters. The summed E-state index contributed by atoms with van der Waals surface area (Å²) >= 11 is 4.72. The van der Waals surface area contributed by atoms with Crippen molar-refractivity contribution in [1.29, 1.82) is 0 Å². The van der Waals surface area contributed by atoms with Crippen molar-refractivity contribution in [2.75, 3.05) is 18.6 Å². The highest BCUT2D eigenvalue weighted by molar-refractivity contribution is 6.22. The number of alkyl halides is 3. The molecule has 2 aromatic rings. The van der Waals surface area contributed by atoms with Crippen molar-refractivity contribution in [1.82, 2.24) is 0 Å². The molecule has 0 aliphatic carbocycles. The van der Waals surface area contributed by atoms with Gasteiger partial charge in [0.05, 0.1) is 25.8 Å². The molecule has 0 aromatic heterocycles. The van der Waals surface area contributed by atoms with Gasteiger partial charge >= 0.3 is 5.57 Å². The second kappa shape index (κ2) is 8.75. The molecule has 2 N–H and O–H groups in total. The minimum absolute atomic E-state index is 0.0828. The van der Waals surface area contributed by atoms with E-state index < -0.39 is 11.6 Å². The molecule has 0 saturated carbocycles. The number of benzene rings is 2. The summed E-state index contributed by atoms with van der Waals surface area (Å²) in [5, 5.41) is 1.84. The summed E-state index contributed by atoms with van der Waals surface area (Å²) in [5.41, 5.74) is -2.43. The Morgan fingerprint density at radius 2 is 1.72 bits per heavy atom. The van der Waals surface area contributed by atoms with Gasteiger partial charge < -0.3 is 14.8 Å². The minimum Gasteiger partial charge on any atom is -0.497 e. The van der Waals surface area contributed by atoms with Gasteiger partial charge in [-0.15, -0.1) is 8.78 Å². The molecule has 6 nitrogen and oxygen atoms in total. The van der Waals surface area contributed by atoms with Crippen molar-refractivity contribution in [2.45, 2.75) is 24.5 Å². The molecule has 0 spiro atoms. The summed E-state index contributed by atoms with van der Waals surface area (Å²) in [5.74, 6) is -0.0651. The van der Waals surface area contributed by atoms with Gasteiger partial charge in [-0.25, -0.2) is 4.90 Å². The molecule has 0 radical (unpaired) electrons. The summed E-state index contributed by atoms with van der Waals surface area (Å²) in [6.07, 6.45) is 0.820. The van der Waals surface area contributed by atoms with E-state index in [1.807, 2.05) is 29.6 Å². The van der Waals surface area contributed by atoms with Crippen LogP contribution >= 0.6 is 11.6 Å². The largest absolute Gasteiger partial charge is 0.497 e. The highest BCUT2D eigenvalue weighted by Crippen LogP contribution is 2.28. The SMILES string of the molecule is COc1ccc(CC[NH2+]C2CC(=O)N(c3ccc(OC(F)(F)Cl)cc3)C2=O)cc1. The summed E-state index contributed by atoms with van der Waals surface area (Å²) in [6.45, 7) is 0.640. The van der Waals surface area contributed by atoms with Crippen molar-refractivity contribution in [3.05, 3.63) is 54.1 Å². The zero-order valence-corrected chi connectivity index (χ0v) is 16.4. The average Bonchev–Trinajstić information content (AvgIpc) is 2.95. The summed E-state index contributed by atoms with van der Waals surface area (Å²) in [4.78, 5) is 26.0. The van der Waals surface area contributed by atoms with E-state index in [0.717, 1.165) is 22.6 Å². The number of rotatable bonds is 8. The summed E-state index contributed by atoms with van der Waals surface area (Å²) in [6, 6.07) is 12.3. The molecular weight excluding hydrogens is 406 g/mol. The first-order valence-electron chi connectivity index (χ1n) is 8.95. The van der Waals surface area contributed by atoms with Crippen LogP contribution in [0.4, 0.5) is 14.5 Å². The molecule has 1 atom stereocenters. The highest BCUT2D eigenvalue weighted by atomic mass is 35.5. The van der Waals surface area contributed by atoms with Crippen molar-refractivity contribution in [2.24, 2.45) is 0 Å². The lowest BCUT2D eigenvalue weighted by atomic mass is 10.1. The molecule has 0 bridgehead atoms. The number of anilines is 1. The van der Waals surface area contributed by atoms with E-state index in [2.05, 4.69) is 4.74 Å². The Balaban J connectivity index is 1.57. The van der Waals surface area contributed by atoms with Crippen molar-refractivity contribution in [3.63, 3.8) is 0 Å². The van der Waals surface area contributed by atoms with E-state index in [-0.39, 0.29) is 24.0 Å². The van der Waals surface area contributed by atoms with Crippen LogP contribution in [0.3, 0.4) is 0 Å². The van der Waals surface area contributed by atoms with Gasteiger partial charge in [-0.1, -0.05) is 12.1 Å². The van der Waals surface area contributed by atoms with Crippen LogP contribution in [0.2, 0.25) is 0 Å². The Morgan fingerprint density at radius 1 is 1.10 bits per heavy atom. The number of nitrogens with zero attached hydrogens (tertiary/aromatic N) is 1. The van der Waals surface area contributed by atoms with Crippen molar-refractivity contribution < 1.29 is 33.2 Å². The Morgan fingerprint density at radius 3 is 2.31 bits per heavy atom. The van der Waals surface area contributed by atoms with Crippen LogP contribution in [0.1, 0.15) is 12.0 Å². The third kappa shape index (κ3) is 5.42. The van der Waals surface area contributed by atoms with Gasteiger partial charge in [-0.05, 0) is 42.0 Å². The number of amides is 2. The summed E-state index contributed by atoms with van der Waals surface area (Å²) < 4.78 is 34.7. The first-order valence-corrected chi connectivity index (χ1v) is 9.33. The van der Waals surface area contributed by atoms with E-state index in [1.165, 1.54) is 24.3 Å². The summed E-state index contributed by atoms with van der Waals surface area (Å²) in [7, 11) is 1.60. The number of hydrogen-bond donors (Lipinski definition) is 1. The molecule has 9 heteroatoms. The molecule has 2 amide bonds. The van der Waals surface area contributed by atoms with E-state index >= 15 is 0 Å². The van der Waals surface area contributed by atoms with Gasteiger partial charge in [0.15, 0.2) is 6.04 Å². The maximum Gasteiger partial charge on any atom is 0.487 e. The smallest absolute Gasteiger partial charge is 0.487 e. The van der Waals surface area contributed by atoms with E-state index in [1.54, 1.807) is 7.11 Å². The van der Waals surface area contributed by atoms with Crippen molar-refractivity contribution in [3.8, 4) is 11.5 Å². The van der Waals surface area contributed by atoms with Crippen LogP contribution < -0.4 is 19.7 Å². The second-order valence-electron chi connectivity index (χ2n) is 6.54. The Bertz CT molecular complexity index is 870. The van der Waals surface area contributed by atoms with Crippen LogP contribution in [0.25, 0.3) is 0 Å². The average molecular weight is 426 g/mol. The van der Waals surface area contributed by atoms with E-state index in [9.17, 15) is 18.4 Å². The molecule has 2 aromatic carbocycles. The van der Waals surface area contributed by atoms with Crippen LogP contribution in [0, 0.1) is 0 Å². The van der Waals surface area contributed by atoms with Gasteiger partial charge in [0.1, 0.15) is 11.5 Å². The molecule has 3 rings (SSSR count). The fourth-order valence-corrected chi connectivity index (χ4v) is 3.24. The number of carbonyl (C=O) groups excluding carboxylic acids is 2. The maximum absolute atomic E-state index is 12.7. The van der Waals surface area contributed by atoms with Crippen molar-refractivity contribution >= 4 is 29.1 Å². The second-order valence-corrected chi connectivity index (χ2v) is 6.98. The number of imide groups is 1. The lowest BCUT2D eigenvalue weighted by molar-refractivity contribution is -0.674. The standard InChI is InChI=1S/C20H19ClF2N2O4/c1-28-15-6-2-13(3-7-15)10-11-24-17-12-18(26)25(19(17)27)14-4-8-16(9-5-14)29-20(21,22)23/h2-9,17,24H,10-12H2,1H3/p+1. The lowest BCUT2D eigenvalue weighted by Crippen LogP contribution is -2.92. The molecule has 29 heavy (non-hydrogen) atoms. The van der Waals surface area contributed by atoms with E-state index in [4.69, 9.17) is 16.3 Å². The number of quaternary nitrogens is 1. The van der Waals surface area contributed by atoms with Crippen LogP contribution in [-0.2, 0) is 16.0 Å². The fraction of sp³-hybridized carbons (Fsp3) is 0.300. The first-order chi connectivity index (χ1) is 13.8. The third-order valence-corrected chi connectivity index (χ3v) is 4.63. The number of carbonyl (C=O) groups is 2. The topological polar surface area (TPSA) is 72.4 Å². The molecule has 1 heterocycles. The van der Waals surface area contributed by atoms with Crippen LogP contribution in [-0.4, -0.2) is 37.1 Å². The number of hydrogen-bond acceptors (Lipinski definition) is 4. The fourth-order valence-electron chi connectivity index (χ4n) is 3.15. The van der Waals surface area contributed by atoms with Gasteiger partial charge in [-0.2, -0.15) is 0 Å².